The van der Waals surface area contributed by atoms with E-state index in [0.717, 1.165) is 0 Å². The van der Waals surface area contributed by atoms with Gasteiger partial charge in [-0.15, -0.1) is 0 Å². The maximum Gasteiger partial charge on any atom is 0.0981 e. The molecule has 1 unspecified atom stereocenters. The number of hydrogen-bond acceptors (Lipinski definition) is 2. The molecule has 1 heterocycles. The molecule has 1 N–H and O–H groups in total. The molecule has 9 heavy (non-hydrogen) atoms. The molecule has 1 aliphatic heterocycles. The Balaban J connectivity index is 2.54. The Bertz CT molecular complexity index is 120. The third-order valence-corrected chi connectivity index (χ3v) is 1.49. The molecule has 0 aromatic rings. The first-order valence-electron chi connectivity index (χ1n) is 3.22. The van der Waals surface area contributed by atoms with Crippen molar-refractivity contribution >= 4 is 0 Å². The minimum Gasteiger partial charge on any atom is -0.386 e. The Morgan fingerprint density at radius 1 is 1.33 bits per heavy atom. The predicted octanol–water partition coefficient (Wildman–Crippen LogP) is 0.711. The zero-order valence-corrected chi connectivity index (χ0v) is 5.74. The third kappa shape index (κ3) is 1.53. The summed E-state index contributed by atoms with van der Waals surface area (Å²) >= 11 is 0. The topological polar surface area (TPSA) is 29.5 Å². The molecule has 0 aromatic heterocycles. The molecule has 3 atom stereocenters. The van der Waals surface area contributed by atoms with Crippen molar-refractivity contribution in [1.29, 1.82) is 0 Å². The first kappa shape index (κ1) is 6.78. The summed E-state index contributed by atoms with van der Waals surface area (Å²) in [6.45, 7) is 3.82. The number of hydrogen-bond donors (Lipinski definition) is 1. The maximum atomic E-state index is 9.08. The summed E-state index contributed by atoms with van der Waals surface area (Å²) in [7, 11) is 0. The largest absolute Gasteiger partial charge is 0.386 e. The summed E-state index contributed by atoms with van der Waals surface area (Å²) in [4.78, 5) is 0. The fourth-order valence-corrected chi connectivity index (χ4v) is 0.891. The maximum absolute atomic E-state index is 9.08. The van der Waals surface area contributed by atoms with E-state index >= 15 is 0 Å². The fourth-order valence-electron chi connectivity index (χ4n) is 0.891. The van der Waals surface area contributed by atoms with E-state index in [9.17, 15) is 0 Å². The summed E-state index contributed by atoms with van der Waals surface area (Å²) in [5, 5.41) is 9.08. The SMILES string of the molecule is C[C@@H]1C=CC(O)[C@@H](C)O1. The van der Waals surface area contributed by atoms with Crippen molar-refractivity contribution in [2.45, 2.75) is 32.2 Å². The van der Waals surface area contributed by atoms with E-state index in [0.29, 0.717) is 0 Å². The highest BCUT2D eigenvalue weighted by Gasteiger charge is 2.17. The zero-order chi connectivity index (χ0) is 6.85. The lowest BCUT2D eigenvalue weighted by Crippen LogP contribution is -2.31. The quantitative estimate of drug-likeness (QED) is 0.487. The predicted molar refractivity (Wildman–Crippen MR) is 35.2 cm³/mol. The second-order valence-corrected chi connectivity index (χ2v) is 2.42. The first-order chi connectivity index (χ1) is 4.20. The normalized spacial score (nSPS) is 43.2. The Morgan fingerprint density at radius 2 is 2.00 bits per heavy atom. The highest BCUT2D eigenvalue weighted by molar-refractivity contribution is 4.99. The van der Waals surface area contributed by atoms with Crippen molar-refractivity contribution in [1.82, 2.24) is 0 Å². The lowest BCUT2D eigenvalue weighted by molar-refractivity contribution is -0.0388. The van der Waals surface area contributed by atoms with Gasteiger partial charge in [-0.1, -0.05) is 12.2 Å². The number of ether oxygens (including phenoxy) is 1. The molecule has 2 heteroatoms. The summed E-state index contributed by atoms with van der Waals surface area (Å²) in [6.07, 6.45) is 3.33. The van der Waals surface area contributed by atoms with Crippen LogP contribution in [0, 0.1) is 0 Å². The molecular formula is C7H12O2. The van der Waals surface area contributed by atoms with Gasteiger partial charge in [-0.25, -0.2) is 0 Å². The molecule has 0 radical (unpaired) electrons. The molecule has 0 aromatic carbocycles. The molecule has 2 nitrogen and oxygen atoms in total. The van der Waals surface area contributed by atoms with Crippen LogP contribution in [0.1, 0.15) is 13.8 Å². The zero-order valence-electron chi connectivity index (χ0n) is 5.74. The van der Waals surface area contributed by atoms with Gasteiger partial charge in [-0.2, -0.15) is 0 Å². The minimum absolute atomic E-state index is 0.0509. The van der Waals surface area contributed by atoms with Crippen molar-refractivity contribution < 1.29 is 9.84 Å². The van der Waals surface area contributed by atoms with Gasteiger partial charge in [-0.05, 0) is 13.8 Å². The van der Waals surface area contributed by atoms with Crippen LogP contribution in [0.15, 0.2) is 12.2 Å². The molecule has 0 saturated carbocycles. The van der Waals surface area contributed by atoms with Crippen molar-refractivity contribution in [3.63, 3.8) is 0 Å². The molecule has 0 fully saturated rings. The second-order valence-electron chi connectivity index (χ2n) is 2.42. The van der Waals surface area contributed by atoms with Crippen molar-refractivity contribution in [2.24, 2.45) is 0 Å². The lowest BCUT2D eigenvalue weighted by atomic mass is 10.1. The van der Waals surface area contributed by atoms with Gasteiger partial charge in [0.1, 0.15) is 0 Å². The second kappa shape index (κ2) is 2.50. The molecule has 0 bridgehead atoms. The van der Waals surface area contributed by atoms with E-state index in [1.165, 1.54) is 0 Å². The molecule has 0 saturated heterocycles. The number of rotatable bonds is 0. The van der Waals surface area contributed by atoms with Gasteiger partial charge < -0.3 is 9.84 Å². The van der Waals surface area contributed by atoms with Crippen molar-refractivity contribution in [3.8, 4) is 0 Å². The standard InChI is InChI=1S/C7H12O2/c1-5-3-4-7(8)6(2)9-5/h3-8H,1-2H3/t5-,6-,7?/m1/s1. The van der Waals surface area contributed by atoms with Gasteiger partial charge in [0.15, 0.2) is 0 Å². The molecule has 1 aliphatic rings. The molecule has 1 rings (SSSR count). The van der Waals surface area contributed by atoms with E-state index in [2.05, 4.69) is 0 Å². The van der Waals surface area contributed by atoms with Gasteiger partial charge in [0, 0.05) is 0 Å². The highest BCUT2D eigenvalue weighted by Crippen LogP contribution is 2.10. The van der Waals surface area contributed by atoms with Crippen LogP contribution < -0.4 is 0 Å². The average Bonchev–Trinajstić information content (AvgIpc) is 1.80. The molecular weight excluding hydrogens is 116 g/mol. The van der Waals surface area contributed by atoms with Crippen molar-refractivity contribution in [3.05, 3.63) is 12.2 Å². The summed E-state index contributed by atoms with van der Waals surface area (Å²) in [5.74, 6) is 0. The highest BCUT2D eigenvalue weighted by atomic mass is 16.5. The van der Waals surface area contributed by atoms with Crippen LogP contribution in [0.25, 0.3) is 0 Å². The molecule has 52 valence electrons. The number of aliphatic hydroxyl groups excluding tert-OH is 1. The Hall–Kier alpha value is -0.340. The van der Waals surface area contributed by atoms with Crippen molar-refractivity contribution in [2.75, 3.05) is 0 Å². The summed E-state index contributed by atoms with van der Waals surface area (Å²) < 4.78 is 5.26. The van der Waals surface area contributed by atoms with Gasteiger partial charge >= 0.3 is 0 Å². The Kier molecular flexibility index (Phi) is 1.88. The number of aliphatic hydroxyl groups is 1. The average molecular weight is 128 g/mol. The third-order valence-electron chi connectivity index (χ3n) is 1.49. The molecule has 0 amide bonds. The van der Waals surface area contributed by atoms with Gasteiger partial charge in [0.25, 0.3) is 0 Å². The summed E-state index contributed by atoms with van der Waals surface area (Å²) in [6, 6.07) is 0. The van der Waals surface area contributed by atoms with E-state index in [4.69, 9.17) is 9.84 Å². The first-order valence-corrected chi connectivity index (χ1v) is 3.22. The van der Waals surface area contributed by atoms with E-state index in [1.807, 2.05) is 19.9 Å². The van der Waals surface area contributed by atoms with Gasteiger partial charge in [0.05, 0.1) is 18.3 Å². The van der Waals surface area contributed by atoms with Gasteiger partial charge in [-0.3, -0.25) is 0 Å². The smallest absolute Gasteiger partial charge is 0.0981 e. The van der Waals surface area contributed by atoms with Gasteiger partial charge in [0.2, 0.25) is 0 Å². The molecule has 0 aliphatic carbocycles. The van der Waals surface area contributed by atoms with E-state index in [-0.39, 0.29) is 12.2 Å². The van der Waals surface area contributed by atoms with Crippen LogP contribution in [0.3, 0.4) is 0 Å². The summed E-state index contributed by atoms with van der Waals surface area (Å²) in [5.41, 5.74) is 0. The molecule has 0 spiro atoms. The van der Waals surface area contributed by atoms with Crippen LogP contribution in [-0.4, -0.2) is 23.4 Å². The van der Waals surface area contributed by atoms with Crippen LogP contribution >= 0.6 is 0 Å². The lowest BCUT2D eigenvalue weighted by Gasteiger charge is -2.24. The van der Waals surface area contributed by atoms with Crippen LogP contribution in [0.4, 0.5) is 0 Å². The van der Waals surface area contributed by atoms with E-state index in [1.54, 1.807) is 6.08 Å². The Morgan fingerprint density at radius 3 is 2.44 bits per heavy atom. The van der Waals surface area contributed by atoms with Crippen LogP contribution in [0.5, 0.6) is 0 Å². The Labute approximate surface area is 55.1 Å². The minimum atomic E-state index is -0.416. The van der Waals surface area contributed by atoms with Crippen LogP contribution in [-0.2, 0) is 4.74 Å². The monoisotopic (exact) mass is 128 g/mol. The van der Waals surface area contributed by atoms with Crippen LogP contribution in [0.2, 0.25) is 0 Å². The van der Waals surface area contributed by atoms with E-state index < -0.39 is 6.10 Å². The fraction of sp³-hybridized carbons (Fsp3) is 0.714.